The molecule has 0 amide bonds. The zero-order valence-corrected chi connectivity index (χ0v) is 13.0. The lowest BCUT2D eigenvalue weighted by Crippen LogP contribution is -2.51. The van der Waals surface area contributed by atoms with Crippen LogP contribution in [0.15, 0.2) is 18.2 Å². The maximum absolute atomic E-state index is 11.3. The molecule has 116 valence electrons. The number of ether oxygens (including phenoxy) is 2. The fraction of sp³-hybridized carbons (Fsp3) is 0.562. The fourth-order valence-electron chi connectivity index (χ4n) is 2.99. The van der Waals surface area contributed by atoms with Gasteiger partial charge in [-0.25, -0.2) is 4.79 Å². The van der Waals surface area contributed by atoms with Gasteiger partial charge in [0.15, 0.2) is 0 Å². The Hall–Kier alpha value is -1.59. The minimum atomic E-state index is -0.968. The summed E-state index contributed by atoms with van der Waals surface area (Å²) in [6, 6.07) is 5.32. The summed E-state index contributed by atoms with van der Waals surface area (Å²) in [6.45, 7) is 8.59. The van der Waals surface area contributed by atoms with E-state index in [4.69, 9.17) is 9.47 Å². The third kappa shape index (κ3) is 3.95. The number of hydrogen-bond acceptors (Lipinski definition) is 4. The molecule has 1 aliphatic heterocycles. The van der Waals surface area contributed by atoms with Gasteiger partial charge >= 0.3 is 5.97 Å². The van der Waals surface area contributed by atoms with Crippen LogP contribution in [0.3, 0.4) is 0 Å². The molecule has 0 aliphatic carbocycles. The van der Waals surface area contributed by atoms with Crippen LogP contribution in [0.5, 0.6) is 5.75 Å². The minimum absolute atomic E-state index is 0.172. The molecule has 1 heterocycles. The van der Waals surface area contributed by atoms with Crippen molar-refractivity contribution in [2.45, 2.75) is 39.0 Å². The second kappa shape index (κ2) is 6.03. The zero-order chi connectivity index (χ0) is 15.6. The Labute approximate surface area is 125 Å². The van der Waals surface area contributed by atoms with Crippen molar-refractivity contribution < 1.29 is 19.4 Å². The normalized spacial score (nSPS) is 22.0. The smallest absolute Gasteiger partial charge is 0.339 e. The lowest BCUT2D eigenvalue weighted by Gasteiger charge is -2.41. The predicted molar refractivity (Wildman–Crippen MR) is 79.9 cm³/mol. The van der Waals surface area contributed by atoms with Crippen molar-refractivity contribution in [1.82, 2.24) is 4.90 Å². The molecule has 1 atom stereocenters. The fourth-order valence-corrected chi connectivity index (χ4v) is 2.99. The average molecular weight is 293 g/mol. The highest BCUT2D eigenvalue weighted by molar-refractivity contribution is 5.91. The highest BCUT2D eigenvalue weighted by Crippen LogP contribution is 2.24. The van der Waals surface area contributed by atoms with E-state index < -0.39 is 5.97 Å². The Balaban J connectivity index is 2.16. The van der Waals surface area contributed by atoms with E-state index in [0.717, 1.165) is 18.7 Å². The van der Waals surface area contributed by atoms with Crippen molar-refractivity contribution in [3.8, 4) is 5.75 Å². The second-order valence-electron chi connectivity index (χ2n) is 6.20. The number of morpholine rings is 1. The van der Waals surface area contributed by atoms with Crippen molar-refractivity contribution in [2.75, 3.05) is 20.2 Å². The van der Waals surface area contributed by atoms with E-state index >= 15 is 0 Å². The Bertz CT molecular complexity index is 527. The molecule has 1 aromatic rings. The van der Waals surface area contributed by atoms with Crippen LogP contribution in [-0.2, 0) is 11.3 Å². The number of carbonyl (C=O) groups is 1. The summed E-state index contributed by atoms with van der Waals surface area (Å²) in [6.07, 6.45) is 0.172. The van der Waals surface area contributed by atoms with Crippen molar-refractivity contribution in [1.29, 1.82) is 0 Å². The largest absolute Gasteiger partial charge is 0.496 e. The van der Waals surface area contributed by atoms with Gasteiger partial charge in [-0.15, -0.1) is 0 Å². The van der Waals surface area contributed by atoms with Gasteiger partial charge in [0.25, 0.3) is 0 Å². The molecule has 0 spiro atoms. The summed E-state index contributed by atoms with van der Waals surface area (Å²) in [7, 11) is 1.48. The number of nitrogens with zero attached hydrogens (tertiary/aromatic N) is 1. The third-order valence-electron chi connectivity index (χ3n) is 3.54. The van der Waals surface area contributed by atoms with Gasteiger partial charge in [-0.05, 0) is 38.5 Å². The predicted octanol–water partition coefficient (Wildman–Crippen LogP) is 2.39. The molecule has 2 rings (SSSR count). The van der Waals surface area contributed by atoms with Gasteiger partial charge in [0.2, 0.25) is 0 Å². The number of carboxylic acids is 1. The van der Waals surface area contributed by atoms with Crippen LogP contribution in [0, 0.1) is 0 Å². The number of rotatable bonds is 4. The van der Waals surface area contributed by atoms with E-state index in [1.807, 2.05) is 6.07 Å². The number of benzene rings is 1. The Kier molecular flexibility index (Phi) is 4.54. The molecule has 5 nitrogen and oxygen atoms in total. The lowest BCUT2D eigenvalue weighted by molar-refractivity contribution is -0.130. The van der Waals surface area contributed by atoms with Gasteiger partial charge in [-0.3, -0.25) is 4.90 Å². The maximum atomic E-state index is 11.3. The molecule has 1 saturated heterocycles. The molecule has 5 heteroatoms. The van der Waals surface area contributed by atoms with E-state index in [1.54, 1.807) is 12.1 Å². The summed E-state index contributed by atoms with van der Waals surface area (Å²) in [5, 5.41) is 9.24. The van der Waals surface area contributed by atoms with Crippen LogP contribution in [0.4, 0.5) is 0 Å². The topological polar surface area (TPSA) is 59.0 Å². The number of carboxylic acid groups (broad SMARTS) is 1. The van der Waals surface area contributed by atoms with Gasteiger partial charge in [-0.2, -0.15) is 0 Å². The Morgan fingerprint density at radius 2 is 2.24 bits per heavy atom. The van der Waals surface area contributed by atoms with Crippen LogP contribution >= 0.6 is 0 Å². The first-order chi connectivity index (χ1) is 9.80. The summed E-state index contributed by atoms with van der Waals surface area (Å²) >= 11 is 0. The van der Waals surface area contributed by atoms with Crippen LogP contribution in [-0.4, -0.2) is 47.9 Å². The van der Waals surface area contributed by atoms with E-state index in [1.165, 1.54) is 7.11 Å². The molecule has 0 bridgehead atoms. The summed E-state index contributed by atoms with van der Waals surface area (Å²) in [5.41, 5.74) is 0.994. The van der Waals surface area contributed by atoms with E-state index in [9.17, 15) is 9.90 Å². The van der Waals surface area contributed by atoms with E-state index in [0.29, 0.717) is 12.3 Å². The maximum Gasteiger partial charge on any atom is 0.339 e. The first-order valence-corrected chi connectivity index (χ1v) is 7.11. The van der Waals surface area contributed by atoms with Crippen molar-refractivity contribution in [2.24, 2.45) is 0 Å². The molecule has 0 aromatic heterocycles. The SMILES string of the molecule is COc1ccc(CN2CC(C)OC(C)(C)C2)cc1C(=O)O. The molecule has 0 saturated carbocycles. The minimum Gasteiger partial charge on any atom is -0.496 e. The van der Waals surface area contributed by atoms with E-state index in [2.05, 4.69) is 25.7 Å². The van der Waals surface area contributed by atoms with Gasteiger partial charge in [-0.1, -0.05) is 6.07 Å². The molecule has 21 heavy (non-hydrogen) atoms. The molecular formula is C16H23NO4. The van der Waals surface area contributed by atoms with Gasteiger partial charge in [0.1, 0.15) is 11.3 Å². The van der Waals surface area contributed by atoms with Crippen molar-refractivity contribution in [3.05, 3.63) is 29.3 Å². The lowest BCUT2D eigenvalue weighted by atomic mass is 10.0. The van der Waals surface area contributed by atoms with Crippen molar-refractivity contribution in [3.63, 3.8) is 0 Å². The first kappa shape index (κ1) is 15.8. The molecule has 1 fully saturated rings. The quantitative estimate of drug-likeness (QED) is 0.923. The Morgan fingerprint density at radius 3 is 2.81 bits per heavy atom. The summed E-state index contributed by atoms with van der Waals surface area (Å²) in [4.78, 5) is 13.6. The van der Waals surface area contributed by atoms with Gasteiger partial charge < -0.3 is 14.6 Å². The molecular weight excluding hydrogens is 270 g/mol. The zero-order valence-electron chi connectivity index (χ0n) is 13.0. The molecule has 1 unspecified atom stereocenters. The number of aromatic carboxylic acids is 1. The first-order valence-electron chi connectivity index (χ1n) is 7.11. The monoisotopic (exact) mass is 293 g/mol. The molecule has 1 aliphatic rings. The molecule has 1 N–H and O–H groups in total. The summed E-state index contributed by atoms with van der Waals surface area (Å²) in [5.74, 6) is -0.577. The highest BCUT2D eigenvalue weighted by atomic mass is 16.5. The number of hydrogen-bond donors (Lipinski definition) is 1. The standard InChI is InChI=1S/C16H23NO4/c1-11-8-17(10-16(2,3)21-11)9-12-5-6-14(20-4)13(7-12)15(18)19/h5-7,11H,8-10H2,1-4H3,(H,18,19). The Morgan fingerprint density at radius 1 is 1.52 bits per heavy atom. The van der Waals surface area contributed by atoms with Crippen LogP contribution < -0.4 is 4.74 Å². The number of methoxy groups -OCH3 is 1. The van der Waals surface area contributed by atoms with Crippen LogP contribution in [0.2, 0.25) is 0 Å². The van der Waals surface area contributed by atoms with E-state index in [-0.39, 0.29) is 17.3 Å². The molecule has 0 radical (unpaired) electrons. The third-order valence-corrected chi connectivity index (χ3v) is 3.54. The van der Waals surface area contributed by atoms with Gasteiger partial charge in [0, 0.05) is 19.6 Å². The molecule has 1 aromatic carbocycles. The van der Waals surface area contributed by atoms with Gasteiger partial charge in [0.05, 0.1) is 18.8 Å². The second-order valence-corrected chi connectivity index (χ2v) is 6.20. The highest BCUT2D eigenvalue weighted by Gasteiger charge is 2.31. The summed E-state index contributed by atoms with van der Waals surface area (Å²) < 4.78 is 11.0. The van der Waals surface area contributed by atoms with Crippen LogP contribution in [0.1, 0.15) is 36.7 Å². The van der Waals surface area contributed by atoms with Crippen molar-refractivity contribution >= 4 is 5.97 Å². The average Bonchev–Trinajstić information content (AvgIpc) is 2.36. The van der Waals surface area contributed by atoms with Crippen LogP contribution in [0.25, 0.3) is 0 Å².